The van der Waals surface area contributed by atoms with E-state index in [1.165, 1.54) is 57.9 Å². The second-order valence-corrected chi connectivity index (χ2v) is 7.77. The number of piperidine rings is 2. The zero-order valence-electron chi connectivity index (χ0n) is 13.2. The lowest BCUT2D eigenvalue weighted by Gasteiger charge is -2.46. The smallest absolute Gasteiger partial charge is 0.0128 e. The first-order valence-corrected chi connectivity index (χ1v) is 8.98. The van der Waals surface area contributed by atoms with Crippen molar-refractivity contribution in [2.75, 3.05) is 13.6 Å². The molecule has 3 nitrogen and oxygen atoms in total. The van der Waals surface area contributed by atoms with E-state index >= 15 is 0 Å². The molecule has 0 amide bonds. The van der Waals surface area contributed by atoms with Crippen LogP contribution in [0.15, 0.2) is 0 Å². The maximum absolute atomic E-state index is 3.80. The van der Waals surface area contributed by atoms with Gasteiger partial charge in [0.15, 0.2) is 0 Å². The van der Waals surface area contributed by atoms with Gasteiger partial charge in [0, 0.05) is 36.3 Å². The molecular formula is C17H31N3. The quantitative estimate of drug-likeness (QED) is 0.853. The third-order valence-corrected chi connectivity index (χ3v) is 6.82. The minimum Gasteiger partial charge on any atom is -0.311 e. The van der Waals surface area contributed by atoms with Crippen LogP contribution >= 0.6 is 0 Å². The normalized spacial score (nSPS) is 48.1. The lowest BCUT2D eigenvalue weighted by molar-refractivity contribution is 0.0354. The Morgan fingerprint density at radius 2 is 1.45 bits per heavy atom. The monoisotopic (exact) mass is 277 g/mol. The van der Waals surface area contributed by atoms with Crippen LogP contribution in [-0.4, -0.2) is 59.6 Å². The number of nitrogens with one attached hydrogen (secondary N) is 1. The molecule has 0 aliphatic carbocycles. The van der Waals surface area contributed by atoms with Crippen LogP contribution in [0.25, 0.3) is 0 Å². The van der Waals surface area contributed by atoms with Gasteiger partial charge in [-0.2, -0.15) is 0 Å². The summed E-state index contributed by atoms with van der Waals surface area (Å²) in [6.07, 6.45) is 11.4. The van der Waals surface area contributed by atoms with Crippen LogP contribution in [0, 0.1) is 0 Å². The lowest BCUT2D eigenvalue weighted by atomic mass is 9.91. The molecule has 0 spiro atoms. The predicted molar refractivity (Wildman–Crippen MR) is 82.9 cm³/mol. The Balaban J connectivity index is 1.46. The van der Waals surface area contributed by atoms with Crippen molar-refractivity contribution in [3.05, 3.63) is 0 Å². The number of hydrogen-bond acceptors (Lipinski definition) is 3. The average molecular weight is 277 g/mol. The zero-order chi connectivity index (χ0) is 13.7. The Morgan fingerprint density at radius 3 is 2.00 bits per heavy atom. The van der Waals surface area contributed by atoms with Gasteiger partial charge >= 0.3 is 0 Å². The highest BCUT2D eigenvalue weighted by Gasteiger charge is 2.43. The molecule has 4 rings (SSSR count). The fourth-order valence-electron chi connectivity index (χ4n) is 5.77. The fraction of sp³-hybridized carbons (Fsp3) is 1.00. The molecule has 4 unspecified atom stereocenters. The second-order valence-electron chi connectivity index (χ2n) is 7.77. The Morgan fingerprint density at radius 1 is 0.900 bits per heavy atom. The largest absolute Gasteiger partial charge is 0.311 e. The molecule has 0 aromatic carbocycles. The fourth-order valence-corrected chi connectivity index (χ4v) is 5.77. The highest BCUT2D eigenvalue weighted by molar-refractivity contribution is 5.01. The summed E-state index contributed by atoms with van der Waals surface area (Å²) in [5.74, 6) is 0. The molecule has 4 fully saturated rings. The van der Waals surface area contributed by atoms with Crippen LogP contribution in [0.5, 0.6) is 0 Å². The summed E-state index contributed by atoms with van der Waals surface area (Å²) in [5.41, 5.74) is 0. The summed E-state index contributed by atoms with van der Waals surface area (Å²) >= 11 is 0. The van der Waals surface area contributed by atoms with Crippen molar-refractivity contribution in [3.8, 4) is 0 Å². The van der Waals surface area contributed by atoms with E-state index in [0.717, 1.165) is 36.3 Å². The van der Waals surface area contributed by atoms with Crippen LogP contribution in [0.3, 0.4) is 0 Å². The zero-order valence-corrected chi connectivity index (χ0v) is 13.2. The average Bonchev–Trinajstić information content (AvgIpc) is 2.86. The first kappa shape index (κ1) is 13.5. The van der Waals surface area contributed by atoms with E-state index in [4.69, 9.17) is 0 Å². The molecule has 4 saturated heterocycles. The van der Waals surface area contributed by atoms with Gasteiger partial charge in [0.1, 0.15) is 0 Å². The number of rotatable bonds is 3. The number of fused-ring (bicyclic) bond motifs is 4. The van der Waals surface area contributed by atoms with Gasteiger partial charge < -0.3 is 10.2 Å². The summed E-state index contributed by atoms with van der Waals surface area (Å²) < 4.78 is 0. The minimum absolute atomic E-state index is 0.829. The van der Waals surface area contributed by atoms with Gasteiger partial charge in [-0.05, 0) is 65.0 Å². The van der Waals surface area contributed by atoms with E-state index in [-0.39, 0.29) is 0 Å². The maximum atomic E-state index is 3.80. The van der Waals surface area contributed by atoms with Crippen molar-refractivity contribution in [3.63, 3.8) is 0 Å². The van der Waals surface area contributed by atoms with Crippen LogP contribution in [0.4, 0.5) is 0 Å². The molecule has 0 aromatic heterocycles. The molecule has 4 heterocycles. The predicted octanol–water partition coefficient (Wildman–Crippen LogP) is 2.22. The highest BCUT2D eigenvalue weighted by Crippen LogP contribution is 2.39. The van der Waals surface area contributed by atoms with Gasteiger partial charge in [-0.25, -0.2) is 0 Å². The maximum Gasteiger partial charge on any atom is 0.0128 e. The van der Waals surface area contributed by atoms with E-state index in [1.54, 1.807) is 0 Å². The summed E-state index contributed by atoms with van der Waals surface area (Å²) in [7, 11) is 2.36. The van der Waals surface area contributed by atoms with Crippen molar-refractivity contribution in [1.29, 1.82) is 0 Å². The molecule has 1 N–H and O–H groups in total. The Labute approximate surface area is 124 Å². The van der Waals surface area contributed by atoms with Gasteiger partial charge in [-0.3, -0.25) is 4.90 Å². The molecule has 4 aliphatic heterocycles. The second kappa shape index (κ2) is 5.26. The molecule has 0 aromatic rings. The highest BCUT2D eigenvalue weighted by atomic mass is 15.3. The summed E-state index contributed by atoms with van der Waals surface area (Å²) in [4.78, 5) is 5.58. The van der Waals surface area contributed by atoms with Gasteiger partial charge in [-0.15, -0.1) is 0 Å². The molecular weight excluding hydrogens is 246 g/mol. The lowest BCUT2D eigenvalue weighted by Crippen LogP contribution is -2.55. The van der Waals surface area contributed by atoms with E-state index in [2.05, 4.69) is 29.1 Å². The molecule has 4 atom stereocenters. The number of nitrogens with zero attached hydrogens (tertiary/aromatic N) is 2. The van der Waals surface area contributed by atoms with Crippen molar-refractivity contribution in [1.82, 2.24) is 15.1 Å². The van der Waals surface area contributed by atoms with Gasteiger partial charge in [0.05, 0.1) is 0 Å². The molecule has 0 radical (unpaired) electrons. The van der Waals surface area contributed by atoms with Crippen LogP contribution < -0.4 is 5.32 Å². The first-order valence-electron chi connectivity index (χ1n) is 8.98. The third-order valence-electron chi connectivity index (χ3n) is 6.82. The molecule has 3 heteroatoms. The molecule has 4 aliphatic rings. The van der Waals surface area contributed by atoms with Gasteiger partial charge in [0.25, 0.3) is 0 Å². The summed E-state index contributed by atoms with van der Waals surface area (Å²) in [6, 6.07) is 5.16. The van der Waals surface area contributed by atoms with E-state index in [9.17, 15) is 0 Å². The topological polar surface area (TPSA) is 18.5 Å². The van der Waals surface area contributed by atoms with Crippen LogP contribution in [-0.2, 0) is 0 Å². The van der Waals surface area contributed by atoms with E-state index < -0.39 is 0 Å². The number of hydrogen-bond donors (Lipinski definition) is 1. The third kappa shape index (κ3) is 2.22. The van der Waals surface area contributed by atoms with Crippen molar-refractivity contribution in [2.45, 2.75) is 94.5 Å². The van der Waals surface area contributed by atoms with Crippen molar-refractivity contribution in [2.24, 2.45) is 0 Å². The van der Waals surface area contributed by atoms with Crippen LogP contribution in [0.2, 0.25) is 0 Å². The van der Waals surface area contributed by atoms with Crippen molar-refractivity contribution >= 4 is 0 Å². The minimum atomic E-state index is 0.829. The van der Waals surface area contributed by atoms with Gasteiger partial charge in [0.2, 0.25) is 0 Å². The SMILES string of the molecule is CCN(C1CC2CCC(C1)N2)C1CC2CCC(C1)N2C. The summed E-state index contributed by atoms with van der Waals surface area (Å²) in [5, 5.41) is 3.80. The molecule has 0 saturated carbocycles. The van der Waals surface area contributed by atoms with Crippen LogP contribution in [0.1, 0.15) is 58.3 Å². The Bertz CT molecular complexity index is 332. The van der Waals surface area contributed by atoms with Crippen molar-refractivity contribution < 1.29 is 0 Å². The first-order chi connectivity index (χ1) is 9.74. The summed E-state index contributed by atoms with van der Waals surface area (Å²) in [6.45, 7) is 3.65. The molecule has 20 heavy (non-hydrogen) atoms. The van der Waals surface area contributed by atoms with E-state index in [0.29, 0.717) is 0 Å². The standard InChI is InChI=1S/C17H31N3/c1-3-20(16-8-12-4-5-13(9-16)18-12)17-10-14-6-7-15(11-17)19(14)2/h12-18H,3-11H2,1-2H3. The molecule has 4 bridgehead atoms. The Hall–Kier alpha value is -0.120. The van der Waals surface area contributed by atoms with Gasteiger partial charge in [-0.1, -0.05) is 6.92 Å². The van der Waals surface area contributed by atoms with E-state index in [1.807, 2.05) is 0 Å². The molecule has 114 valence electrons. The Kier molecular flexibility index (Phi) is 3.56.